The van der Waals surface area contributed by atoms with Gasteiger partial charge in [-0.05, 0) is 50.9 Å². The lowest BCUT2D eigenvalue weighted by Gasteiger charge is -2.29. The Labute approximate surface area is 151 Å². The summed E-state index contributed by atoms with van der Waals surface area (Å²) in [7, 11) is 0. The molecule has 1 unspecified atom stereocenters. The van der Waals surface area contributed by atoms with Gasteiger partial charge in [-0.2, -0.15) is 0 Å². The first kappa shape index (κ1) is 14.8. The van der Waals surface area contributed by atoms with E-state index in [1.807, 2.05) is 0 Å². The van der Waals surface area contributed by atoms with E-state index in [9.17, 15) is 0 Å². The predicted molar refractivity (Wildman–Crippen MR) is 99.0 cm³/mol. The zero-order valence-corrected chi connectivity index (χ0v) is 15.0. The van der Waals surface area contributed by atoms with E-state index < -0.39 is 0 Å². The summed E-state index contributed by atoms with van der Waals surface area (Å²) in [4.78, 5) is 8.94. The van der Waals surface area contributed by atoms with Gasteiger partial charge in [0.1, 0.15) is 29.2 Å². The number of aromatic nitrogens is 4. The van der Waals surface area contributed by atoms with Crippen molar-refractivity contribution in [3.63, 3.8) is 0 Å². The van der Waals surface area contributed by atoms with E-state index in [-0.39, 0.29) is 0 Å². The van der Waals surface area contributed by atoms with E-state index in [0.29, 0.717) is 23.7 Å². The third-order valence-electron chi connectivity index (χ3n) is 6.60. The van der Waals surface area contributed by atoms with Gasteiger partial charge in [-0.3, -0.25) is 0 Å². The molecule has 2 N–H and O–H groups in total. The van der Waals surface area contributed by atoms with Gasteiger partial charge in [-0.1, -0.05) is 12.1 Å². The fourth-order valence-electron chi connectivity index (χ4n) is 4.85. The van der Waals surface area contributed by atoms with Crippen molar-refractivity contribution in [2.24, 2.45) is 0 Å². The molecule has 0 bridgehead atoms. The highest BCUT2D eigenvalue weighted by Gasteiger charge is 2.39. The zero-order chi connectivity index (χ0) is 17.4. The Morgan fingerprint density at radius 3 is 2.73 bits per heavy atom. The average Bonchev–Trinajstić information content (AvgIpc) is 3.28. The second-order valence-corrected chi connectivity index (χ2v) is 8.26. The van der Waals surface area contributed by atoms with E-state index in [1.54, 1.807) is 6.33 Å². The van der Waals surface area contributed by atoms with Crippen molar-refractivity contribution in [3.8, 4) is 11.3 Å². The normalized spacial score (nSPS) is 22.7. The SMILES string of the molecule is CC1CCc2c(c3c(N)ncnc3n2C2CCC2)-c2noc(C3CC3)c21. The van der Waals surface area contributed by atoms with Crippen molar-refractivity contribution in [3.05, 3.63) is 23.3 Å². The van der Waals surface area contributed by atoms with Gasteiger partial charge in [0.15, 0.2) is 0 Å². The average molecular weight is 349 g/mol. The fourth-order valence-corrected chi connectivity index (χ4v) is 4.85. The third kappa shape index (κ3) is 1.85. The summed E-state index contributed by atoms with van der Waals surface area (Å²) in [5, 5.41) is 5.55. The Morgan fingerprint density at radius 1 is 1.15 bits per heavy atom. The van der Waals surface area contributed by atoms with E-state index >= 15 is 0 Å². The molecule has 0 spiro atoms. The van der Waals surface area contributed by atoms with E-state index in [1.165, 1.54) is 43.4 Å². The molecule has 2 saturated carbocycles. The summed E-state index contributed by atoms with van der Waals surface area (Å²) >= 11 is 0. The van der Waals surface area contributed by atoms with Gasteiger partial charge in [-0.25, -0.2) is 9.97 Å². The van der Waals surface area contributed by atoms with Crippen molar-refractivity contribution in [2.75, 3.05) is 5.73 Å². The molecule has 3 heterocycles. The van der Waals surface area contributed by atoms with Crippen LogP contribution in [-0.4, -0.2) is 19.7 Å². The van der Waals surface area contributed by atoms with E-state index in [0.717, 1.165) is 40.9 Å². The first-order valence-corrected chi connectivity index (χ1v) is 9.87. The topological polar surface area (TPSA) is 82.8 Å². The van der Waals surface area contributed by atoms with Gasteiger partial charge in [0.05, 0.1) is 5.39 Å². The van der Waals surface area contributed by atoms with Crippen LogP contribution in [0.1, 0.15) is 80.3 Å². The maximum Gasteiger partial charge on any atom is 0.146 e. The molecule has 0 amide bonds. The molecule has 3 aromatic heterocycles. The molecule has 6 nitrogen and oxygen atoms in total. The molecule has 0 saturated heterocycles. The first-order chi connectivity index (χ1) is 12.7. The van der Waals surface area contributed by atoms with Crippen LogP contribution in [0.15, 0.2) is 10.9 Å². The Balaban J connectivity index is 1.70. The number of nitrogen functional groups attached to an aromatic ring is 1. The van der Waals surface area contributed by atoms with Gasteiger partial charge in [0.2, 0.25) is 0 Å². The third-order valence-corrected chi connectivity index (χ3v) is 6.60. The van der Waals surface area contributed by atoms with E-state index in [4.69, 9.17) is 10.3 Å². The largest absolute Gasteiger partial charge is 0.383 e. The van der Waals surface area contributed by atoms with Crippen LogP contribution in [0.4, 0.5) is 5.82 Å². The Kier molecular flexibility index (Phi) is 2.89. The van der Waals surface area contributed by atoms with Crippen molar-refractivity contribution in [1.82, 2.24) is 19.7 Å². The number of fused-ring (bicyclic) bond motifs is 5. The lowest BCUT2D eigenvalue weighted by Crippen LogP contribution is -2.19. The van der Waals surface area contributed by atoms with E-state index in [2.05, 4.69) is 26.6 Å². The summed E-state index contributed by atoms with van der Waals surface area (Å²) in [6.07, 6.45) is 9.89. The molecule has 2 fully saturated rings. The maximum atomic E-state index is 6.35. The first-order valence-electron chi connectivity index (χ1n) is 9.87. The monoisotopic (exact) mass is 349 g/mol. The minimum absolute atomic E-state index is 0.454. The molecule has 3 aliphatic carbocycles. The molecule has 1 atom stereocenters. The lowest BCUT2D eigenvalue weighted by molar-refractivity contribution is 0.313. The quantitative estimate of drug-likeness (QED) is 0.745. The summed E-state index contributed by atoms with van der Waals surface area (Å²) < 4.78 is 8.33. The van der Waals surface area contributed by atoms with Crippen LogP contribution < -0.4 is 5.73 Å². The Hall–Kier alpha value is -2.37. The minimum atomic E-state index is 0.454. The van der Waals surface area contributed by atoms with Crippen LogP contribution in [-0.2, 0) is 6.42 Å². The van der Waals surface area contributed by atoms with Gasteiger partial charge in [0.25, 0.3) is 0 Å². The summed E-state index contributed by atoms with van der Waals surface area (Å²) in [6, 6.07) is 0.530. The number of hydrogen-bond acceptors (Lipinski definition) is 5. The number of hydrogen-bond donors (Lipinski definition) is 1. The molecule has 6 rings (SSSR count). The summed E-state index contributed by atoms with van der Waals surface area (Å²) in [6.45, 7) is 2.31. The molecule has 3 aliphatic rings. The van der Waals surface area contributed by atoms with Crippen LogP contribution in [0.3, 0.4) is 0 Å². The molecule has 0 aromatic carbocycles. The van der Waals surface area contributed by atoms with Crippen LogP contribution in [0.25, 0.3) is 22.3 Å². The summed E-state index contributed by atoms with van der Waals surface area (Å²) in [5.41, 5.74) is 12.1. The predicted octanol–water partition coefficient (Wildman–Crippen LogP) is 4.32. The standard InChI is InChI=1S/C20H23N5O/c1-10-5-8-13-15(17-14(10)18(26-24-17)11-6-7-11)16-19(21)22-9-23-20(16)25(13)12-3-2-4-12/h9-12H,2-8H2,1H3,(H2,21,22,23). The zero-order valence-electron chi connectivity index (χ0n) is 15.0. The molecule has 3 aromatic rings. The minimum Gasteiger partial charge on any atom is -0.383 e. The Morgan fingerprint density at radius 2 is 2.00 bits per heavy atom. The number of nitrogens with zero attached hydrogens (tertiary/aromatic N) is 4. The molecular weight excluding hydrogens is 326 g/mol. The van der Waals surface area contributed by atoms with Crippen molar-refractivity contribution < 1.29 is 4.52 Å². The molecule has 134 valence electrons. The molecule has 0 radical (unpaired) electrons. The molecule has 26 heavy (non-hydrogen) atoms. The molecule has 6 heteroatoms. The highest BCUT2D eigenvalue weighted by atomic mass is 16.5. The van der Waals surface area contributed by atoms with Crippen LogP contribution in [0.2, 0.25) is 0 Å². The molecule has 0 aliphatic heterocycles. The van der Waals surface area contributed by atoms with Crippen LogP contribution in [0, 0.1) is 0 Å². The smallest absolute Gasteiger partial charge is 0.146 e. The van der Waals surface area contributed by atoms with Crippen LogP contribution in [0.5, 0.6) is 0 Å². The summed E-state index contributed by atoms with van der Waals surface area (Å²) in [5.74, 6) is 2.68. The number of anilines is 1. The maximum absolute atomic E-state index is 6.35. The fraction of sp³-hybridized carbons (Fsp3) is 0.550. The lowest BCUT2D eigenvalue weighted by atomic mass is 9.92. The van der Waals surface area contributed by atoms with Gasteiger partial charge in [-0.15, -0.1) is 0 Å². The second-order valence-electron chi connectivity index (χ2n) is 8.26. The second kappa shape index (κ2) is 5.09. The van der Waals surface area contributed by atoms with Crippen molar-refractivity contribution in [2.45, 2.75) is 69.7 Å². The van der Waals surface area contributed by atoms with Crippen molar-refractivity contribution >= 4 is 16.9 Å². The number of rotatable bonds is 2. The highest BCUT2D eigenvalue weighted by Crippen LogP contribution is 2.51. The van der Waals surface area contributed by atoms with Gasteiger partial charge < -0.3 is 14.8 Å². The van der Waals surface area contributed by atoms with Crippen LogP contribution >= 0.6 is 0 Å². The van der Waals surface area contributed by atoms with Gasteiger partial charge >= 0.3 is 0 Å². The Bertz CT molecular complexity index is 1020. The highest BCUT2D eigenvalue weighted by molar-refractivity contribution is 6.02. The van der Waals surface area contributed by atoms with Gasteiger partial charge in [0, 0.05) is 28.8 Å². The number of nitrogens with two attached hydrogens (primary N) is 1. The van der Waals surface area contributed by atoms with Crippen molar-refractivity contribution in [1.29, 1.82) is 0 Å². The molecular formula is C20H23N5O.